The first-order valence-electron chi connectivity index (χ1n) is 5.34. The molecule has 84 valence electrons. The van der Waals surface area contributed by atoms with E-state index in [1.165, 1.54) is 5.57 Å². The summed E-state index contributed by atoms with van der Waals surface area (Å²) in [5, 5.41) is 13.8. The molecule has 1 aromatic carbocycles. The van der Waals surface area contributed by atoms with Gasteiger partial charge in [0.15, 0.2) is 0 Å². The molecule has 1 N–H and O–H groups in total. The predicted octanol–water partition coefficient (Wildman–Crippen LogP) is 2.36. The van der Waals surface area contributed by atoms with Gasteiger partial charge in [0.2, 0.25) is 0 Å². The summed E-state index contributed by atoms with van der Waals surface area (Å²) in [5.41, 5.74) is 2.49. The molecule has 0 fully saturated rings. The largest absolute Gasteiger partial charge is 0.310 e. The first kappa shape index (κ1) is 10.8. The van der Waals surface area contributed by atoms with Crippen LogP contribution in [0.2, 0.25) is 0 Å². The quantitative estimate of drug-likeness (QED) is 0.612. The van der Waals surface area contributed by atoms with Gasteiger partial charge in [-0.3, -0.25) is 10.1 Å². The number of benzene rings is 1. The van der Waals surface area contributed by atoms with E-state index in [4.69, 9.17) is 0 Å². The summed E-state index contributed by atoms with van der Waals surface area (Å²) in [6.45, 7) is 3.01. The average molecular weight is 218 g/mol. The third-order valence-corrected chi connectivity index (χ3v) is 2.79. The van der Waals surface area contributed by atoms with Crippen LogP contribution in [0.3, 0.4) is 0 Å². The topological polar surface area (TPSA) is 55.2 Å². The van der Waals surface area contributed by atoms with Crippen LogP contribution in [0.15, 0.2) is 30.3 Å². The van der Waals surface area contributed by atoms with Gasteiger partial charge in [-0.05, 0) is 36.6 Å². The van der Waals surface area contributed by atoms with Crippen LogP contribution in [0.4, 0.5) is 5.69 Å². The molecule has 0 bridgehead atoms. The second-order valence-corrected chi connectivity index (χ2v) is 4.05. The monoisotopic (exact) mass is 218 g/mol. The Morgan fingerprint density at radius 2 is 2.06 bits per heavy atom. The molecule has 16 heavy (non-hydrogen) atoms. The fourth-order valence-electron chi connectivity index (χ4n) is 1.90. The molecule has 0 spiro atoms. The fourth-order valence-corrected chi connectivity index (χ4v) is 1.90. The van der Waals surface area contributed by atoms with Crippen LogP contribution in [0.5, 0.6) is 0 Å². The molecule has 0 amide bonds. The molecule has 0 aliphatic carbocycles. The minimum absolute atomic E-state index is 0.145. The Balaban J connectivity index is 2.21. The highest BCUT2D eigenvalue weighted by atomic mass is 16.6. The van der Waals surface area contributed by atoms with E-state index in [1.807, 2.05) is 12.1 Å². The molecule has 4 nitrogen and oxygen atoms in total. The lowest BCUT2D eigenvalue weighted by Gasteiger charge is -2.20. The van der Waals surface area contributed by atoms with Crippen LogP contribution in [-0.2, 0) is 0 Å². The zero-order valence-corrected chi connectivity index (χ0v) is 9.14. The smallest absolute Gasteiger partial charge is 0.269 e. The Labute approximate surface area is 94.1 Å². The van der Waals surface area contributed by atoms with Gasteiger partial charge in [-0.15, -0.1) is 0 Å². The summed E-state index contributed by atoms with van der Waals surface area (Å²) in [6, 6.07) is 7.23. The molecule has 0 radical (unpaired) electrons. The summed E-state index contributed by atoms with van der Waals surface area (Å²) in [7, 11) is 0. The molecule has 1 aliphatic heterocycles. The van der Waals surface area contributed by atoms with Crippen molar-refractivity contribution >= 4 is 11.3 Å². The molecule has 1 atom stereocenters. The van der Waals surface area contributed by atoms with Crippen LogP contribution in [0.1, 0.15) is 18.9 Å². The molecule has 0 saturated carbocycles. The van der Waals surface area contributed by atoms with E-state index in [0.717, 1.165) is 18.5 Å². The number of rotatable bonds is 2. The highest BCUT2D eigenvalue weighted by Gasteiger charge is 2.12. The molecule has 1 aromatic rings. The highest BCUT2D eigenvalue weighted by Crippen LogP contribution is 2.24. The van der Waals surface area contributed by atoms with E-state index in [9.17, 15) is 10.1 Å². The molecule has 0 aromatic heterocycles. The van der Waals surface area contributed by atoms with Crippen molar-refractivity contribution < 1.29 is 4.92 Å². The van der Waals surface area contributed by atoms with Crippen molar-refractivity contribution in [3.63, 3.8) is 0 Å². The van der Waals surface area contributed by atoms with Gasteiger partial charge < -0.3 is 5.32 Å². The molecule has 1 aliphatic rings. The lowest BCUT2D eigenvalue weighted by molar-refractivity contribution is -0.384. The van der Waals surface area contributed by atoms with Gasteiger partial charge in [0.1, 0.15) is 0 Å². The zero-order valence-electron chi connectivity index (χ0n) is 9.14. The van der Waals surface area contributed by atoms with Gasteiger partial charge in [0.25, 0.3) is 5.69 Å². The van der Waals surface area contributed by atoms with Gasteiger partial charge in [-0.2, -0.15) is 0 Å². The summed E-state index contributed by atoms with van der Waals surface area (Å²) in [5.74, 6) is 0. The first-order chi connectivity index (χ1) is 7.66. The van der Waals surface area contributed by atoms with E-state index in [2.05, 4.69) is 18.3 Å². The maximum absolute atomic E-state index is 10.5. The van der Waals surface area contributed by atoms with Crippen molar-refractivity contribution in [2.75, 3.05) is 6.54 Å². The minimum Gasteiger partial charge on any atom is -0.310 e. The summed E-state index contributed by atoms with van der Waals surface area (Å²) in [6.07, 6.45) is 3.11. The number of nitrogens with zero attached hydrogens (tertiary/aromatic N) is 1. The van der Waals surface area contributed by atoms with Gasteiger partial charge in [-0.1, -0.05) is 6.08 Å². The number of nitro groups is 1. The van der Waals surface area contributed by atoms with Crippen molar-refractivity contribution in [3.8, 4) is 0 Å². The minimum atomic E-state index is -0.372. The molecule has 1 heterocycles. The molecule has 0 saturated heterocycles. The van der Waals surface area contributed by atoms with Crippen LogP contribution < -0.4 is 5.32 Å². The maximum Gasteiger partial charge on any atom is 0.269 e. The van der Waals surface area contributed by atoms with Crippen LogP contribution in [0.25, 0.3) is 5.57 Å². The number of nitro benzene ring substituents is 1. The molecular formula is C12H14N2O2. The number of nitrogens with one attached hydrogen (secondary N) is 1. The van der Waals surface area contributed by atoms with Crippen molar-refractivity contribution in [1.29, 1.82) is 0 Å². The summed E-state index contributed by atoms with van der Waals surface area (Å²) >= 11 is 0. The van der Waals surface area contributed by atoms with Gasteiger partial charge in [0.05, 0.1) is 4.92 Å². The van der Waals surface area contributed by atoms with Crippen molar-refractivity contribution in [2.24, 2.45) is 0 Å². The van der Waals surface area contributed by atoms with E-state index < -0.39 is 0 Å². The third kappa shape index (κ3) is 2.28. The molecular weight excluding hydrogens is 204 g/mol. The van der Waals surface area contributed by atoms with Gasteiger partial charge in [-0.25, -0.2) is 0 Å². The normalized spacial score (nSPS) is 20.3. The summed E-state index contributed by atoms with van der Waals surface area (Å²) < 4.78 is 0. The third-order valence-electron chi connectivity index (χ3n) is 2.79. The average Bonchev–Trinajstić information content (AvgIpc) is 2.29. The van der Waals surface area contributed by atoms with Crippen LogP contribution in [-0.4, -0.2) is 17.5 Å². The number of hydrogen-bond acceptors (Lipinski definition) is 3. The number of hydrogen-bond donors (Lipinski definition) is 1. The van der Waals surface area contributed by atoms with Crippen molar-refractivity contribution in [3.05, 3.63) is 46.0 Å². The first-order valence-corrected chi connectivity index (χ1v) is 5.34. The Morgan fingerprint density at radius 1 is 1.38 bits per heavy atom. The van der Waals surface area contributed by atoms with Crippen molar-refractivity contribution in [1.82, 2.24) is 5.32 Å². The molecule has 1 unspecified atom stereocenters. The Kier molecular flexibility index (Phi) is 3.01. The van der Waals surface area contributed by atoms with E-state index in [1.54, 1.807) is 12.1 Å². The lowest BCUT2D eigenvalue weighted by atomic mass is 9.96. The lowest BCUT2D eigenvalue weighted by Crippen LogP contribution is -2.29. The summed E-state index contributed by atoms with van der Waals surface area (Å²) in [4.78, 5) is 10.1. The maximum atomic E-state index is 10.5. The Morgan fingerprint density at radius 3 is 2.62 bits per heavy atom. The highest BCUT2D eigenvalue weighted by molar-refractivity contribution is 5.67. The molecule has 2 rings (SSSR count). The molecule has 4 heteroatoms. The Bertz CT molecular complexity index is 423. The Hall–Kier alpha value is -1.68. The second-order valence-electron chi connectivity index (χ2n) is 4.05. The predicted molar refractivity (Wildman–Crippen MR) is 63.2 cm³/mol. The van der Waals surface area contributed by atoms with Crippen LogP contribution in [0, 0.1) is 10.1 Å². The van der Waals surface area contributed by atoms with E-state index in [-0.39, 0.29) is 10.6 Å². The standard InChI is InChI=1S/C12H14N2O2/c1-9-8-11(6-7-13-9)10-2-4-12(5-3-10)14(15)16/h2-6,9,13H,7-8H2,1H3. The van der Waals surface area contributed by atoms with Crippen LogP contribution >= 0.6 is 0 Å². The van der Waals surface area contributed by atoms with Gasteiger partial charge in [0, 0.05) is 24.7 Å². The fraction of sp³-hybridized carbons (Fsp3) is 0.333. The van der Waals surface area contributed by atoms with Crippen molar-refractivity contribution in [2.45, 2.75) is 19.4 Å². The second kappa shape index (κ2) is 4.45. The van der Waals surface area contributed by atoms with Gasteiger partial charge >= 0.3 is 0 Å². The number of non-ortho nitro benzene ring substituents is 1. The zero-order chi connectivity index (χ0) is 11.5. The van der Waals surface area contributed by atoms with E-state index in [0.29, 0.717) is 6.04 Å². The SMILES string of the molecule is CC1CC(c2ccc([N+](=O)[O-])cc2)=CCN1. The van der Waals surface area contributed by atoms with E-state index >= 15 is 0 Å².